The molecule has 0 saturated heterocycles. The Balaban J connectivity index is 1.47. The molecular weight excluding hydrogens is 309 g/mol. The van der Waals surface area contributed by atoms with Gasteiger partial charge in [-0.15, -0.1) is 0 Å². The Labute approximate surface area is 122 Å². The van der Waals surface area contributed by atoms with Crippen LogP contribution in [0.2, 0.25) is 0 Å². The van der Waals surface area contributed by atoms with Crippen LogP contribution in [0.1, 0.15) is 38.5 Å². The number of benzene rings is 1. The van der Waals surface area contributed by atoms with Gasteiger partial charge in [-0.2, -0.15) is 0 Å². The predicted molar refractivity (Wildman–Crippen MR) is 79.1 cm³/mol. The van der Waals surface area contributed by atoms with E-state index in [2.05, 4.69) is 21.2 Å². The molecule has 0 aliphatic heterocycles. The molecular formula is C15H21BrFNO. The predicted octanol–water partition coefficient (Wildman–Crippen LogP) is 4.28. The molecule has 0 amide bonds. The Morgan fingerprint density at radius 3 is 2.74 bits per heavy atom. The number of rotatable bonds is 9. The quantitative estimate of drug-likeness (QED) is 0.683. The first-order valence-corrected chi connectivity index (χ1v) is 7.86. The number of unbranched alkanes of at least 4 members (excludes halogenated alkanes) is 3. The van der Waals surface area contributed by atoms with Crippen LogP contribution in [0.25, 0.3) is 0 Å². The molecule has 1 N–H and O–H groups in total. The molecule has 1 aromatic rings. The minimum atomic E-state index is -0.254. The van der Waals surface area contributed by atoms with Crippen molar-refractivity contribution in [1.82, 2.24) is 5.32 Å². The summed E-state index contributed by atoms with van der Waals surface area (Å²) in [6.45, 7) is 1.85. The second-order valence-corrected chi connectivity index (χ2v) is 5.92. The van der Waals surface area contributed by atoms with Crippen LogP contribution in [-0.4, -0.2) is 19.2 Å². The Kier molecular flexibility index (Phi) is 6.11. The SMILES string of the molecule is Fc1ccc(OCCCCCCNC2CC2)cc1Br. The Morgan fingerprint density at radius 2 is 2.00 bits per heavy atom. The van der Waals surface area contributed by atoms with Gasteiger partial charge in [-0.3, -0.25) is 0 Å². The summed E-state index contributed by atoms with van der Waals surface area (Å²) in [4.78, 5) is 0. The summed E-state index contributed by atoms with van der Waals surface area (Å²) < 4.78 is 19.1. The summed E-state index contributed by atoms with van der Waals surface area (Å²) >= 11 is 3.15. The third-order valence-electron chi connectivity index (χ3n) is 3.24. The lowest BCUT2D eigenvalue weighted by Crippen LogP contribution is -2.17. The summed E-state index contributed by atoms with van der Waals surface area (Å²) in [5, 5.41) is 3.51. The van der Waals surface area contributed by atoms with E-state index in [4.69, 9.17) is 4.74 Å². The fraction of sp³-hybridized carbons (Fsp3) is 0.600. The van der Waals surface area contributed by atoms with Crippen molar-refractivity contribution >= 4 is 15.9 Å². The first-order valence-electron chi connectivity index (χ1n) is 7.07. The molecule has 0 bridgehead atoms. The molecule has 0 aromatic heterocycles. The number of hydrogen-bond acceptors (Lipinski definition) is 2. The smallest absolute Gasteiger partial charge is 0.137 e. The fourth-order valence-corrected chi connectivity index (χ4v) is 2.29. The van der Waals surface area contributed by atoms with Crippen LogP contribution in [0.3, 0.4) is 0 Å². The molecule has 4 heteroatoms. The largest absolute Gasteiger partial charge is 0.494 e. The highest BCUT2D eigenvalue weighted by Gasteiger charge is 2.19. The number of hydrogen-bond donors (Lipinski definition) is 1. The van der Waals surface area contributed by atoms with Crippen molar-refractivity contribution in [1.29, 1.82) is 0 Å². The minimum absolute atomic E-state index is 0.254. The van der Waals surface area contributed by atoms with Gasteiger partial charge in [0.2, 0.25) is 0 Å². The normalized spacial score (nSPS) is 14.6. The zero-order valence-electron chi connectivity index (χ0n) is 11.1. The summed E-state index contributed by atoms with van der Waals surface area (Å²) in [6.07, 6.45) is 7.46. The molecule has 106 valence electrons. The highest BCUT2D eigenvalue weighted by Crippen LogP contribution is 2.22. The molecule has 0 atom stereocenters. The molecule has 1 aliphatic rings. The highest BCUT2D eigenvalue weighted by molar-refractivity contribution is 9.10. The molecule has 2 nitrogen and oxygen atoms in total. The highest BCUT2D eigenvalue weighted by atomic mass is 79.9. The van der Waals surface area contributed by atoms with Crippen LogP contribution in [0, 0.1) is 5.82 Å². The van der Waals surface area contributed by atoms with Crippen molar-refractivity contribution in [2.75, 3.05) is 13.2 Å². The van der Waals surface area contributed by atoms with Crippen molar-refractivity contribution in [2.45, 2.75) is 44.6 Å². The van der Waals surface area contributed by atoms with Crippen molar-refractivity contribution in [2.24, 2.45) is 0 Å². The maximum atomic E-state index is 13.0. The molecule has 0 radical (unpaired) electrons. The van der Waals surface area contributed by atoms with Crippen LogP contribution in [-0.2, 0) is 0 Å². The van der Waals surface area contributed by atoms with Crippen LogP contribution >= 0.6 is 15.9 Å². The van der Waals surface area contributed by atoms with Gasteiger partial charge in [0.05, 0.1) is 11.1 Å². The van der Waals surface area contributed by atoms with E-state index in [0.29, 0.717) is 11.1 Å². The van der Waals surface area contributed by atoms with E-state index in [1.807, 2.05) is 0 Å². The minimum Gasteiger partial charge on any atom is -0.494 e. The van der Waals surface area contributed by atoms with Crippen molar-refractivity contribution < 1.29 is 9.13 Å². The van der Waals surface area contributed by atoms with Crippen LogP contribution in [0.15, 0.2) is 22.7 Å². The lowest BCUT2D eigenvalue weighted by atomic mass is 10.2. The average molecular weight is 330 g/mol. The van der Waals surface area contributed by atoms with E-state index in [-0.39, 0.29) is 5.82 Å². The van der Waals surface area contributed by atoms with Gasteiger partial charge in [0.25, 0.3) is 0 Å². The van der Waals surface area contributed by atoms with Gasteiger partial charge >= 0.3 is 0 Å². The first-order chi connectivity index (χ1) is 9.25. The maximum absolute atomic E-state index is 13.0. The van der Waals surface area contributed by atoms with Gasteiger partial charge < -0.3 is 10.1 Å². The molecule has 1 saturated carbocycles. The lowest BCUT2D eigenvalue weighted by molar-refractivity contribution is 0.304. The Morgan fingerprint density at radius 1 is 1.21 bits per heavy atom. The molecule has 0 unspecified atom stereocenters. The summed E-state index contributed by atoms with van der Waals surface area (Å²) in [5.74, 6) is 0.471. The zero-order valence-corrected chi connectivity index (χ0v) is 12.7. The van der Waals surface area contributed by atoms with Gasteiger partial charge in [0.15, 0.2) is 0 Å². The number of nitrogens with one attached hydrogen (secondary N) is 1. The van der Waals surface area contributed by atoms with Gasteiger partial charge in [0.1, 0.15) is 11.6 Å². The van der Waals surface area contributed by atoms with Crippen LogP contribution in [0.4, 0.5) is 4.39 Å². The monoisotopic (exact) mass is 329 g/mol. The molecule has 1 aromatic carbocycles. The molecule has 0 spiro atoms. The molecule has 19 heavy (non-hydrogen) atoms. The van der Waals surface area contributed by atoms with E-state index in [1.54, 1.807) is 12.1 Å². The lowest BCUT2D eigenvalue weighted by Gasteiger charge is -2.07. The fourth-order valence-electron chi connectivity index (χ4n) is 1.93. The number of halogens is 2. The van der Waals surface area contributed by atoms with Crippen LogP contribution < -0.4 is 10.1 Å². The van der Waals surface area contributed by atoms with Crippen molar-refractivity contribution in [3.63, 3.8) is 0 Å². The second kappa shape index (κ2) is 7.85. The van der Waals surface area contributed by atoms with E-state index in [1.165, 1.54) is 38.2 Å². The summed E-state index contributed by atoms with van der Waals surface area (Å²) in [6, 6.07) is 5.58. The van der Waals surface area contributed by atoms with E-state index >= 15 is 0 Å². The molecule has 0 heterocycles. The Bertz CT molecular complexity index is 396. The number of ether oxygens (including phenoxy) is 1. The summed E-state index contributed by atoms with van der Waals surface area (Å²) in [7, 11) is 0. The molecule has 2 rings (SSSR count). The molecule has 1 aliphatic carbocycles. The Hall–Kier alpha value is -0.610. The average Bonchev–Trinajstić information content (AvgIpc) is 3.21. The van der Waals surface area contributed by atoms with Gasteiger partial charge in [-0.05, 0) is 66.4 Å². The zero-order chi connectivity index (χ0) is 13.5. The first kappa shape index (κ1) is 14.8. The third-order valence-corrected chi connectivity index (χ3v) is 3.85. The molecule has 1 fully saturated rings. The third kappa shape index (κ3) is 5.91. The topological polar surface area (TPSA) is 21.3 Å². The van der Waals surface area contributed by atoms with Gasteiger partial charge in [-0.25, -0.2) is 4.39 Å². The van der Waals surface area contributed by atoms with Crippen LogP contribution in [0.5, 0.6) is 5.75 Å². The van der Waals surface area contributed by atoms with Crippen molar-refractivity contribution in [3.05, 3.63) is 28.5 Å². The van der Waals surface area contributed by atoms with Gasteiger partial charge in [0, 0.05) is 6.04 Å². The van der Waals surface area contributed by atoms with Crippen molar-refractivity contribution in [3.8, 4) is 5.75 Å². The maximum Gasteiger partial charge on any atom is 0.137 e. The van der Waals surface area contributed by atoms with E-state index < -0.39 is 0 Å². The van der Waals surface area contributed by atoms with Gasteiger partial charge in [-0.1, -0.05) is 12.8 Å². The standard InChI is InChI=1S/C15H21BrFNO/c16-14-11-13(7-8-15(14)17)19-10-4-2-1-3-9-18-12-5-6-12/h7-8,11-12,18H,1-6,9-10H2. The van der Waals surface area contributed by atoms with E-state index in [9.17, 15) is 4.39 Å². The van der Waals surface area contributed by atoms with E-state index in [0.717, 1.165) is 24.8 Å². The second-order valence-electron chi connectivity index (χ2n) is 5.07. The summed E-state index contributed by atoms with van der Waals surface area (Å²) in [5.41, 5.74) is 0.